The highest BCUT2D eigenvalue weighted by atomic mass is 16.5. The molecule has 0 aromatic heterocycles. The van der Waals surface area contributed by atoms with Crippen molar-refractivity contribution in [3.05, 3.63) is 71.8 Å². The van der Waals surface area contributed by atoms with Crippen LogP contribution in [0.25, 0.3) is 0 Å². The molecule has 1 atom stereocenters. The third-order valence-corrected chi connectivity index (χ3v) is 3.80. The lowest BCUT2D eigenvalue weighted by molar-refractivity contribution is -0.141. The predicted molar refractivity (Wildman–Crippen MR) is 88.6 cm³/mol. The predicted octanol–water partition coefficient (Wildman–Crippen LogP) is 3.71. The molecule has 0 amide bonds. The monoisotopic (exact) mass is 297 g/mol. The van der Waals surface area contributed by atoms with E-state index in [1.807, 2.05) is 36.4 Å². The van der Waals surface area contributed by atoms with E-state index >= 15 is 0 Å². The van der Waals surface area contributed by atoms with Crippen LogP contribution >= 0.6 is 0 Å². The van der Waals surface area contributed by atoms with Crippen LogP contribution in [-0.2, 0) is 9.53 Å². The second-order valence-corrected chi connectivity index (χ2v) is 5.31. The molecule has 2 rings (SSSR count). The summed E-state index contributed by atoms with van der Waals surface area (Å²) >= 11 is 0. The summed E-state index contributed by atoms with van der Waals surface area (Å²) in [6, 6.07) is 20.7. The maximum Gasteiger partial charge on any atom is 0.307 e. The van der Waals surface area contributed by atoms with Crippen molar-refractivity contribution in [2.75, 3.05) is 7.11 Å². The van der Waals surface area contributed by atoms with E-state index in [4.69, 9.17) is 4.74 Å². The van der Waals surface area contributed by atoms with Gasteiger partial charge < -0.3 is 10.1 Å². The highest BCUT2D eigenvalue weighted by Crippen LogP contribution is 2.23. The lowest BCUT2D eigenvalue weighted by atomic mass is 9.97. The number of benzene rings is 2. The van der Waals surface area contributed by atoms with E-state index in [-0.39, 0.29) is 18.1 Å². The number of nitrogens with one attached hydrogen (secondary N) is 1. The second-order valence-electron chi connectivity index (χ2n) is 5.31. The van der Waals surface area contributed by atoms with Gasteiger partial charge in [0.2, 0.25) is 0 Å². The molecule has 1 N–H and O–H groups in total. The van der Waals surface area contributed by atoms with E-state index < -0.39 is 0 Å². The lowest BCUT2D eigenvalue weighted by Gasteiger charge is -2.25. The molecule has 0 radical (unpaired) electrons. The third-order valence-electron chi connectivity index (χ3n) is 3.80. The summed E-state index contributed by atoms with van der Waals surface area (Å²) in [7, 11) is 1.43. The number of carbonyl (C=O) groups is 1. The maximum atomic E-state index is 11.6. The quantitative estimate of drug-likeness (QED) is 0.792. The summed E-state index contributed by atoms with van der Waals surface area (Å²) in [6.45, 7) is 2.08. The highest BCUT2D eigenvalue weighted by Gasteiger charge is 2.19. The molecular weight excluding hydrogens is 274 g/mol. The van der Waals surface area contributed by atoms with Crippen LogP contribution in [0.15, 0.2) is 60.7 Å². The summed E-state index contributed by atoms with van der Waals surface area (Å²) < 4.78 is 4.80. The third kappa shape index (κ3) is 4.43. The number of methoxy groups -OCH3 is 1. The van der Waals surface area contributed by atoms with Crippen LogP contribution in [0.3, 0.4) is 0 Å². The first-order chi connectivity index (χ1) is 10.7. The summed E-state index contributed by atoms with van der Waals surface area (Å²) in [5.74, 6) is -0.181. The van der Waals surface area contributed by atoms with E-state index in [0.717, 1.165) is 6.42 Å². The molecule has 0 saturated heterocycles. The van der Waals surface area contributed by atoms with Crippen molar-refractivity contribution in [2.45, 2.75) is 31.8 Å². The van der Waals surface area contributed by atoms with E-state index in [2.05, 4.69) is 36.5 Å². The molecule has 3 heteroatoms. The Morgan fingerprint density at radius 2 is 1.50 bits per heavy atom. The second kappa shape index (κ2) is 8.35. The van der Waals surface area contributed by atoms with Crippen LogP contribution < -0.4 is 5.32 Å². The molecule has 0 bridgehead atoms. The Morgan fingerprint density at radius 3 is 1.91 bits per heavy atom. The molecule has 0 heterocycles. The van der Waals surface area contributed by atoms with Gasteiger partial charge in [0.05, 0.1) is 19.6 Å². The topological polar surface area (TPSA) is 38.3 Å². The number of rotatable bonds is 7. The SMILES string of the molecule is CCC(CC(=O)OC)NC(c1ccccc1)c1ccccc1. The molecule has 22 heavy (non-hydrogen) atoms. The van der Waals surface area contributed by atoms with Crippen molar-refractivity contribution >= 4 is 5.97 Å². The lowest BCUT2D eigenvalue weighted by Crippen LogP contribution is -2.35. The van der Waals surface area contributed by atoms with Gasteiger partial charge in [0, 0.05) is 6.04 Å². The fourth-order valence-corrected chi connectivity index (χ4v) is 2.52. The Kier molecular flexibility index (Phi) is 6.16. The van der Waals surface area contributed by atoms with Crippen molar-refractivity contribution in [2.24, 2.45) is 0 Å². The number of carbonyl (C=O) groups excluding carboxylic acids is 1. The minimum atomic E-state index is -0.181. The molecule has 2 aromatic rings. The smallest absolute Gasteiger partial charge is 0.307 e. The van der Waals surface area contributed by atoms with Crippen LogP contribution in [-0.4, -0.2) is 19.1 Å². The first kappa shape index (κ1) is 16.2. The normalized spacial score (nSPS) is 12.1. The zero-order valence-corrected chi connectivity index (χ0v) is 13.2. The van der Waals surface area contributed by atoms with Gasteiger partial charge in [0.15, 0.2) is 0 Å². The van der Waals surface area contributed by atoms with E-state index in [1.54, 1.807) is 0 Å². The van der Waals surface area contributed by atoms with Crippen LogP contribution in [0.5, 0.6) is 0 Å². The van der Waals surface area contributed by atoms with Crippen LogP contribution in [0.1, 0.15) is 36.9 Å². The molecule has 116 valence electrons. The first-order valence-corrected chi connectivity index (χ1v) is 7.67. The standard InChI is InChI=1S/C19H23NO2/c1-3-17(14-18(21)22-2)20-19(15-10-6-4-7-11-15)16-12-8-5-9-13-16/h4-13,17,19-20H,3,14H2,1-2H3. The fraction of sp³-hybridized carbons (Fsp3) is 0.316. The molecule has 0 aliphatic carbocycles. The molecule has 0 aliphatic rings. The van der Waals surface area contributed by atoms with Crippen molar-refractivity contribution < 1.29 is 9.53 Å². The summed E-state index contributed by atoms with van der Waals surface area (Å²) in [5.41, 5.74) is 2.38. The van der Waals surface area contributed by atoms with Crippen LogP contribution in [0.2, 0.25) is 0 Å². The zero-order chi connectivity index (χ0) is 15.8. The minimum absolute atomic E-state index is 0.0667. The Bertz CT molecular complexity index is 529. The Morgan fingerprint density at radius 1 is 1.00 bits per heavy atom. The van der Waals surface area contributed by atoms with Gasteiger partial charge in [0.25, 0.3) is 0 Å². The average Bonchev–Trinajstić information content (AvgIpc) is 2.59. The van der Waals surface area contributed by atoms with Gasteiger partial charge in [-0.1, -0.05) is 67.6 Å². The largest absolute Gasteiger partial charge is 0.469 e. The number of hydrogen-bond acceptors (Lipinski definition) is 3. The van der Waals surface area contributed by atoms with Gasteiger partial charge >= 0.3 is 5.97 Å². The number of esters is 1. The molecule has 0 spiro atoms. The Balaban J connectivity index is 2.23. The van der Waals surface area contributed by atoms with Crippen molar-refractivity contribution in [3.63, 3.8) is 0 Å². The van der Waals surface area contributed by atoms with Gasteiger partial charge in [-0.3, -0.25) is 4.79 Å². The highest BCUT2D eigenvalue weighted by molar-refractivity contribution is 5.69. The fourth-order valence-electron chi connectivity index (χ4n) is 2.52. The van der Waals surface area contributed by atoms with Gasteiger partial charge in [0.1, 0.15) is 0 Å². The molecule has 1 unspecified atom stereocenters. The number of ether oxygens (including phenoxy) is 1. The zero-order valence-electron chi connectivity index (χ0n) is 13.2. The average molecular weight is 297 g/mol. The van der Waals surface area contributed by atoms with Gasteiger partial charge in [-0.05, 0) is 17.5 Å². The molecule has 2 aromatic carbocycles. The molecule has 0 aliphatic heterocycles. The minimum Gasteiger partial charge on any atom is -0.469 e. The summed E-state index contributed by atoms with van der Waals surface area (Å²) in [6.07, 6.45) is 1.24. The van der Waals surface area contributed by atoms with E-state index in [9.17, 15) is 4.79 Å². The number of hydrogen-bond donors (Lipinski definition) is 1. The van der Waals surface area contributed by atoms with E-state index in [1.165, 1.54) is 18.2 Å². The summed E-state index contributed by atoms with van der Waals surface area (Å²) in [4.78, 5) is 11.6. The van der Waals surface area contributed by atoms with Crippen molar-refractivity contribution in [1.29, 1.82) is 0 Å². The van der Waals surface area contributed by atoms with Crippen LogP contribution in [0.4, 0.5) is 0 Å². The van der Waals surface area contributed by atoms with E-state index in [0.29, 0.717) is 6.42 Å². The van der Waals surface area contributed by atoms with Crippen molar-refractivity contribution in [3.8, 4) is 0 Å². The summed E-state index contributed by atoms with van der Waals surface area (Å²) in [5, 5.41) is 3.60. The Labute approximate surface area is 132 Å². The first-order valence-electron chi connectivity index (χ1n) is 7.67. The van der Waals surface area contributed by atoms with Crippen LogP contribution in [0, 0.1) is 0 Å². The molecule has 0 fully saturated rings. The van der Waals surface area contributed by atoms with Gasteiger partial charge in [-0.15, -0.1) is 0 Å². The van der Waals surface area contributed by atoms with Gasteiger partial charge in [-0.2, -0.15) is 0 Å². The Hall–Kier alpha value is -2.13. The molecular formula is C19H23NO2. The maximum absolute atomic E-state index is 11.6. The molecule has 0 saturated carbocycles. The van der Waals surface area contributed by atoms with Gasteiger partial charge in [-0.25, -0.2) is 0 Å². The molecule has 3 nitrogen and oxygen atoms in total. The van der Waals surface area contributed by atoms with Crippen molar-refractivity contribution in [1.82, 2.24) is 5.32 Å².